The van der Waals surface area contributed by atoms with Crippen LogP contribution in [-0.2, 0) is 4.79 Å². The Kier molecular flexibility index (Phi) is 5.22. The van der Waals surface area contributed by atoms with Crippen LogP contribution in [0.25, 0.3) is 0 Å². The molecular formula is C18H26N2O2. The molecule has 2 rings (SSSR count). The van der Waals surface area contributed by atoms with Gasteiger partial charge in [0.2, 0.25) is 5.91 Å². The Morgan fingerprint density at radius 1 is 1.09 bits per heavy atom. The maximum atomic E-state index is 12.6. The Morgan fingerprint density at radius 3 is 2.14 bits per heavy atom. The van der Waals surface area contributed by atoms with Crippen LogP contribution in [0.4, 0.5) is 5.69 Å². The topological polar surface area (TPSA) is 49.4 Å². The third kappa shape index (κ3) is 4.09. The highest BCUT2D eigenvalue weighted by atomic mass is 16.2. The molecule has 1 heterocycles. The van der Waals surface area contributed by atoms with Gasteiger partial charge in [0, 0.05) is 30.3 Å². The van der Waals surface area contributed by atoms with Crippen molar-refractivity contribution in [3.05, 3.63) is 29.8 Å². The maximum absolute atomic E-state index is 12.6. The summed E-state index contributed by atoms with van der Waals surface area (Å²) < 4.78 is 0. The monoisotopic (exact) mass is 302 g/mol. The first-order valence-electron chi connectivity index (χ1n) is 8.07. The number of carbonyl (C=O) groups excluding carboxylic acids is 2. The number of carbonyl (C=O) groups is 2. The van der Waals surface area contributed by atoms with E-state index in [2.05, 4.69) is 19.2 Å². The van der Waals surface area contributed by atoms with Crippen molar-refractivity contribution in [2.24, 2.45) is 17.8 Å². The van der Waals surface area contributed by atoms with Crippen LogP contribution in [0.5, 0.6) is 0 Å². The van der Waals surface area contributed by atoms with Gasteiger partial charge in [-0.1, -0.05) is 27.7 Å². The largest absolute Gasteiger partial charge is 0.338 e. The summed E-state index contributed by atoms with van der Waals surface area (Å²) in [4.78, 5) is 26.2. The number of amides is 2. The van der Waals surface area contributed by atoms with Crippen molar-refractivity contribution < 1.29 is 9.59 Å². The maximum Gasteiger partial charge on any atom is 0.253 e. The number of hydrogen-bond donors (Lipinski definition) is 1. The van der Waals surface area contributed by atoms with Gasteiger partial charge in [-0.05, 0) is 42.5 Å². The fourth-order valence-corrected chi connectivity index (χ4v) is 2.99. The van der Waals surface area contributed by atoms with E-state index < -0.39 is 0 Å². The zero-order valence-corrected chi connectivity index (χ0v) is 13.9. The van der Waals surface area contributed by atoms with Crippen LogP contribution >= 0.6 is 0 Å². The Hall–Kier alpha value is -1.84. The van der Waals surface area contributed by atoms with Crippen LogP contribution in [0.3, 0.4) is 0 Å². The zero-order valence-electron chi connectivity index (χ0n) is 13.9. The van der Waals surface area contributed by atoms with Gasteiger partial charge in [-0.15, -0.1) is 0 Å². The average molecular weight is 302 g/mol. The lowest BCUT2D eigenvalue weighted by Crippen LogP contribution is -2.42. The molecule has 120 valence electrons. The third-order valence-corrected chi connectivity index (χ3v) is 4.08. The number of piperidine rings is 1. The van der Waals surface area contributed by atoms with Gasteiger partial charge in [-0.25, -0.2) is 0 Å². The van der Waals surface area contributed by atoms with E-state index in [1.54, 1.807) is 24.3 Å². The summed E-state index contributed by atoms with van der Waals surface area (Å²) in [5, 5.41) is 2.84. The third-order valence-electron chi connectivity index (χ3n) is 4.08. The lowest BCUT2D eigenvalue weighted by atomic mass is 9.91. The van der Waals surface area contributed by atoms with Crippen molar-refractivity contribution in [1.29, 1.82) is 0 Å². The zero-order chi connectivity index (χ0) is 16.3. The van der Waals surface area contributed by atoms with Gasteiger partial charge in [0.15, 0.2) is 0 Å². The molecule has 1 aliphatic heterocycles. The van der Waals surface area contributed by atoms with Gasteiger partial charge in [-0.3, -0.25) is 9.59 Å². The molecule has 0 aromatic heterocycles. The minimum Gasteiger partial charge on any atom is -0.338 e. The second kappa shape index (κ2) is 6.95. The molecule has 2 atom stereocenters. The summed E-state index contributed by atoms with van der Waals surface area (Å²) in [5.41, 5.74) is 1.42. The second-order valence-corrected chi connectivity index (χ2v) is 6.88. The fourth-order valence-electron chi connectivity index (χ4n) is 2.99. The Labute approximate surface area is 132 Å². The average Bonchev–Trinajstić information content (AvgIpc) is 2.46. The Bertz CT molecular complexity index is 527. The molecule has 0 bridgehead atoms. The van der Waals surface area contributed by atoms with E-state index in [4.69, 9.17) is 0 Å². The van der Waals surface area contributed by atoms with Crippen molar-refractivity contribution >= 4 is 17.5 Å². The molecule has 0 spiro atoms. The summed E-state index contributed by atoms with van der Waals surface area (Å²) in [5.74, 6) is 1.12. The summed E-state index contributed by atoms with van der Waals surface area (Å²) >= 11 is 0. The minimum absolute atomic E-state index is 0.0160. The van der Waals surface area contributed by atoms with E-state index in [0.29, 0.717) is 17.4 Å². The van der Waals surface area contributed by atoms with E-state index in [1.165, 1.54) is 6.42 Å². The van der Waals surface area contributed by atoms with Gasteiger partial charge in [-0.2, -0.15) is 0 Å². The molecule has 1 aromatic carbocycles. The second-order valence-electron chi connectivity index (χ2n) is 6.88. The van der Waals surface area contributed by atoms with E-state index in [0.717, 1.165) is 18.8 Å². The lowest BCUT2D eigenvalue weighted by Gasteiger charge is -2.35. The smallest absolute Gasteiger partial charge is 0.253 e. The molecule has 0 saturated carbocycles. The van der Waals surface area contributed by atoms with Crippen molar-refractivity contribution in [3.63, 3.8) is 0 Å². The quantitative estimate of drug-likeness (QED) is 0.930. The molecule has 4 nitrogen and oxygen atoms in total. The highest BCUT2D eigenvalue weighted by molar-refractivity contribution is 5.96. The van der Waals surface area contributed by atoms with E-state index in [9.17, 15) is 9.59 Å². The van der Waals surface area contributed by atoms with Crippen LogP contribution in [0.15, 0.2) is 24.3 Å². The summed E-state index contributed by atoms with van der Waals surface area (Å²) in [6.45, 7) is 9.75. The molecule has 22 heavy (non-hydrogen) atoms. The van der Waals surface area contributed by atoms with Crippen molar-refractivity contribution in [2.75, 3.05) is 18.4 Å². The molecule has 0 radical (unpaired) electrons. The molecular weight excluding hydrogens is 276 g/mol. The Morgan fingerprint density at radius 2 is 1.64 bits per heavy atom. The van der Waals surface area contributed by atoms with Crippen LogP contribution in [0.2, 0.25) is 0 Å². The number of hydrogen-bond acceptors (Lipinski definition) is 2. The van der Waals surface area contributed by atoms with E-state index >= 15 is 0 Å². The fraction of sp³-hybridized carbons (Fsp3) is 0.556. The minimum atomic E-state index is -0.0577. The summed E-state index contributed by atoms with van der Waals surface area (Å²) in [6.07, 6.45) is 1.18. The van der Waals surface area contributed by atoms with Gasteiger partial charge in [0.1, 0.15) is 0 Å². The number of rotatable bonds is 3. The highest BCUT2D eigenvalue weighted by Crippen LogP contribution is 2.23. The molecule has 0 unspecified atom stereocenters. The summed E-state index contributed by atoms with van der Waals surface area (Å²) in [7, 11) is 0. The molecule has 1 fully saturated rings. The molecule has 0 aliphatic carbocycles. The van der Waals surface area contributed by atoms with Crippen LogP contribution < -0.4 is 5.32 Å². The van der Waals surface area contributed by atoms with E-state index in [1.807, 2.05) is 18.7 Å². The first-order chi connectivity index (χ1) is 10.4. The first-order valence-corrected chi connectivity index (χ1v) is 8.07. The molecule has 1 aromatic rings. The molecule has 1 N–H and O–H groups in total. The van der Waals surface area contributed by atoms with Gasteiger partial charge in [0.25, 0.3) is 5.91 Å². The molecule has 4 heteroatoms. The van der Waals surface area contributed by atoms with Crippen molar-refractivity contribution in [2.45, 2.75) is 34.1 Å². The number of likely N-dealkylation sites (tertiary alicyclic amines) is 1. The SMILES string of the molecule is CC(C)C(=O)Nc1ccc(C(=O)N2C[C@H](C)C[C@@H](C)C2)cc1. The first kappa shape index (κ1) is 16.5. The van der Waals surface area contributed by atoms with Gasteiger partial charge < -0.3 is 10.2 Å². The Balaban J connectivity index is 2.03. The standard InChI is InChI=1S/C18H26N2O2/c1-12(2)17(21)19-16-7-5-15(6-8-16)18(22)20-10-13(3)9-14(4)11-20/h5-8,12-14H,9-11H2,1-4H3,(H,19,21)/t13-,14-/m1/s1. The van der Waals surface area contributed by atoms with Crippen molar-refractivity contribution in [1.82, 2.24) is 4.90 Å². The van der Waals surface area contributed by atoms with E-state index in [-0.39, 0.29) is 17.7 Å². The number of nitrogens with one attached hydrogen (secondary N) is 1. The van der Waals surface area contributed by atoms with Gasteiger partial charge in [0.05, 0.1) is 0 Å². The van der Waals surface area contributed by atoms with Crippen LogP contribution in [0.1, 0.15) is 44.5 Å². The van der Waals surface area contributed by atoms with Crippen molar-refractivity contribution in [3.8, 4) is 0 Å². The predicted molar refractivity (Wildman–Crippen MR) is 88.8 cm³/mol. The molecule has 1 aliphatic rings. The summed E-state index contributed by atoms with van der Waals surface area (Å²) in [6, 6.07) is 7.18. The number of anilines is 1. The number of nitrogens with zero attached hydrogens (tertiary/aromatic N) is 1. The number of benzene rings is 1. The predicted octanol–water partition coefficient (Wildman–Crippen LogP) is 3.40. The van der Waals surface area contributed by atoms with Crippen LogP contribution in [-0.4, -0.2) is 29.8 Å². The highest BCUT2D eigenvalue weighted by Gasteiger charge is 2.26. The lowest BCUT2D eigenvalue weighted by molar-refractivity contribution is -0.118. The normalized spacial score (nSPS) is 21.8. The molecule has 2 amide bonds. The van der Waals surface area contributed by atoms with Crippen LogP contribution in [0, 0.1) is 17.8 Å². The molecule has 1 saturated heterocycles. The van der Waals surface area contributed by atoms with Gasteiger partial charge >= 0.3 is 0 Å².